The number of rotatable bonds is 4. The van der Waals surface area contributed by atoms with Crippen molar-refractivity contribution in [1.29, 1.82) is 0 Å². The fourth-order valence-corrected chi connectivity index (χ4v) is 2.47. The average molecular weight is 333 g/mol. The summed E-state index contributed by atoms with van der Waals surface area (Å²) in [6.07, 6.45) is 0. The number of para-hydroxylation sites is 1. The number of anilines is 2. The van der Waals surface area contributed by atoms with Crippen LogP contribution < -0.4 is 16.0 Å². The number of fused-ring (bicyclic) bond motifs is 1. The third kappa shape index (κ3) is 4.35. The topological polar surface area (TPSA) is 70.2 Å². The minimum Gasteiger partial charge on any atom is -0.326 e. The molecule has 3 rings (SSSR count). The van der Waals surface area contributed by atoms with E-state index in [0.29, 0.717) is 11.4 Å². The van der Waals surface area contributed by atoms with Crippen LogP contribution in [0.2, 0.25) is 0 Å². The lowest BCUT2D eigenvalue weighted by Gasteiger charge is -2.15. The number of hydrogen-bond acceptors (Lipinski definition) is 2. The Hall–Kier alpha value is -3.34. The molecule has 3 amide bonds. The molecule has 0 aliphatic carbocycles. The van der Waals surface area contributed by atoms with Crippen molar-refractivity contribution in [2.75, 3.05) is 10.6 Å². The minimum atomic E-state index is -0.671. The van der Waals surface area contributed by atoms with E-state index in [4.69, 9.17) is 0 Å². The van der Waals surface area contributed by atoms with Gasteiger partial charge in [0.15, 0.2) is 0 Å². The molecule has 3 aromatic carbocycles. The molecule has 25 heavy (non-hydrogen) atoms. The highest BCUT2D eigenvalue weighted by atomic mass is 16.2. The van der Waals surface area contributed by atoms with Crippen molar-refractivity contribution >= 4 is 34.1 Å². The summed E-state index contributed by atoms with van der Waals surface area (Å²) in [5, 5.41) is 10.3. The molecule has 5 heteroatoms. The first-order valence-electron chi connectivity index (χ1n) is 8.04. The van der Waals surface area contributed by atoms with Gasteiger partial charge in [-0.2, -0.15) is 0 Å². The summed E-state index contributed by atoms with van der Waals surface area (Å²) >= 11 is 0. The van der Waals surface area contributed by atoms with Gasteiger partial charge in [0.2, 0.25) is 5.91 Å². The van der Waals surface area contributed by atoms with Crippen molar-refractivity contribution in [3.63, 3.8) is 0 Å². The fraction of sp³-hybridized carbons (Fsp3) is 0.100. The van der Waals surface area contributed by atoms with Crippen LogP contribution in [0.5, 0.6) is 0 Å². The van der Waals surface area contributed by atoms with E-state index in [1.165, 1.54) is 0 Å². The Balaban J connectivity index is 1.58. The summed E-state index contributed by atoms with van der Waals surface area (Å²) in [5.74, 6) is -0.279. The van der Waals surface area contributed by atoms with E-state index < -0.39 is 12.1 Å². The minimum absolute atomic E-state index is 0.279. The number of carbonyl (C=O) groups excluding carboxylic acids is 2. The summed E-state index contributed by atoms with van der Waals surface area (Å²) in [6.45, 7) is 1.64. The zero-order chi connectivity index (χ0) is 17.6. The van der Waals surface area contributed by atoms with E-state index in [-0.39, 0.29) is 5.91 Å². The van der Waals surface area contributed by atoms with Crippen molar-refractivity contribution in [3.8, 4) is 0 Å². The molecule has 1 atom stereocenters. The lowest BCUT2D eigenvalue weighted by Crippen LogP contribution is -2.43. The summed E-state index contributed by atoms with van der Waals surface area (Å²) in [4.78, 5) is 24.2. The van der Waals surface area contributed by atoms with Crippen molar-refractivity contribution in [2.45, 2.75) is 13.0 Å². The van der Waals surface area contributed by atoms with Gasteiger partial charge in [0.1, 0.15) is 6.04 Å². The van der Waals surface area contributed by atoms with Crippen molar-refractivity contribution in [2.24, 2.45) is 0 Å². The Kier molecular flexibility index (Phi) is 4.95. The predicted molar refractivity (Wildman–Crippen MR) is 101 cm³/mol. The van der Waals surface area contributed by atoms with E-state index in [9.17, 15) is 9.59 Å². The summed E-state index contributed by atoms with van der Waals surface area (Å²) < 4.78 is 0. The van der Waals surface area contributed by atoms with E-state index >= 15 is 0 Å². The number of amides is 3. The third-order valence-corrected chi connectivity index (χ3v) is 3.79. The maximum Gasteiger partial charge on any atom is 0.319 e. The number of hydrogen-bond donors (Lipinski definition) is 3. The molecule has 0 fully saturated rings. The average Bonchev–Trinajstić information content (AvgIpc) is 2.62. The highest BCUT2D eigenvalue weighted by Gasteiger charge is 2.15. The Bertz CT molecular complexity index is 894. The smallest absolute Gasteiger partial charge is 0.319 e. The van der Waals surface area contributed by atoms with E-state index in [0.717, 1.165) is 10.8 Å². The first-order chi connectivity index (χ1) is 12.1. The normalized spacial score (nSPS) is 11.6. The van der Waals surface area contributed by atoms with E-state index in [2.05, 4.69) is 16.0 Å². The van der Waals surface area contributed by atoms with Gasteiger partial charge in [-0.05, 0) is 42.0 Å². The predicted octanol–water partition coefficient (Wildman–Crippen LogP) is 3.99. The fourth-order valence-electron chi connectivity index (χ4n) is 2.47. The molecule has 0 aliphatic heterocycles. The molecule has 0 bridgehead atoms. The lowest BCUT2D eigenvalue weighted by atomic mass is 10.1. The SMILES string of the molecule is CC(NC(=O)Nc1ccccc1)C(=O)Nc1ccc2ccccc2c1. The second kappa shape index (κ2) is 7.49. The second-order valence-corrected chi connectivity index (χ2v) is 5.74. The molecule has 3 N–H and O–H groups in total. The van der Waals surface area contributed by atoms with E-state index in [1.54, 1.807) is 19.1 Å². The molecular formula is C20H19N3O2. The molecule has 0 saturated carbocycles. The standard InChI is InChI=1S/C20H19N3O2/c1-14(21-20(25)23-17-9-3-2-4-10-17)19(24)22-18-12-11-15-7-5-6-8-16(15)13-18/h2-14H,1H3,(H,22,24)(H2,21,23,25). The van der Waals surface area contributed by atoms with E-state index in [1.807, 2.05) is 60.7 Å². The quantitative estimate of drug-likeness (QED) is 0.675. The van der Waals surface area contributed by atoms with Crippen LogP contribution in [-0.2, 0) is 4.79 Å². The molecule has 0 heterocycles. The van der Waals surface area contributed by atoms with Crippen molar-refractivity contribution in [3.05, 3.63) is 72.8 Å². The van der Waals surface area contributed by atoms with Gasteiger partial charge in [-0.25, -0.2) is 4.79 Å². The molecule has 0 aliphatic rings. The molecular weight excluding hydrogens is 314 g/mol. The van der Waals surface area contributed by atoms with Crippen LogP contribution in [0.15, 0.2) is 72.8 Å². The maximum atomic E-state index is 12.3. The third-order valence-electron chi connectivity index (χ3n) is 3.79. The van der Waals surface area contributed by atoms with Gasteiger partial charge < -0.3 is 16.0 Å². The van der Waals surface area contributed by atoms with Crippen LogP contribution in [0.3, 0.4) is 0 Å². The maximum absolute atomic E-state index is 12.3. The largest absolute Gasteiger partial charge is 0.326 e. The van der Waals surface area contributed by atoms with Crippen LogP contribution in [0.4, 0.5) is 16.2 Å². The van der Waals surface area contributed by atoms with Crippen molar-refractivity contribution in [1.82, 2.24) is 5.32 Å². The Morgan fingerprint density at radius 1 is 0.760 bits per heavy atom. The van der Waals surface area contributed by atoms with Crippen LogP contribution in [0, 0.1) is 0 Å². The number of urea groups is 1. The molecule has 1 unspecified atom stereocenters. The van der Waals surface area contributed by atoms with Gasteiger partial charge >= 0.3 is 6.03 Å². The molecule has 0 saturated heterocycles. The molecule has 5 nitrogen and oxygen atoms in total. The lowest BCUT2D eigenvalue weighted by molar-refractivity contribution is -0.117. The Morgan fingerprint density at radius 2 is 1.44 bits per heavy atom. The highest BCUT2D eigenvalue weighted by Crippen LogP contribution is 2.18. The summed E-state index contributed by atoms with van der Waals surface area (Å²) in [7, 11) is 0. The van der Waals surface area contributed by atoms with Gasteiger partial charge in [0, 0.05) is 11.4 Å². The second-order valence-electron chi connectivity index (χ2n) is 5.74. The van der Waals surface area contributed by atoms with Crippen LogP contribution >= 0.6 is 0 Å². The first-order valence-corrected chi connectivity index (χ1v) is 8.04. The number of nitrogens with one attached hydrogen (secondary N) is 3. The number of benzene rings is 3. The van der Waals surface area contributed by atoms with Crippen LogP contribution in [0.25, 0.3) is 10.8 Å². The molecule has 3 aromatic rings. The molecule has 126 valence electrons. The molecule has 0 aromatic heterocycles. The van der Waals surface area contributed by atoms with Gasteiger partial charge in [0.25, 0.3) is 0 Å². The van der Waals surface area contributed by atoms with Crippen molar-refractivity contribution < 1.29 is 9.59 Å². The molecule has 0 radical (unpaired) electrons. The zero-order valence-corrected chi connectivity index (χ0v) is 13.8. The van der Waals surface area contributed by atoms with Gasteiger partial charge in [-0.1, -0.05) is 48.5 Å². The summed E-state index contributed by atoms with van der Waals surface area (Å²) in [5.41, 5.74) is 1.36. The van der Waals surface area contributed by atoms with Crippen LogP contribution in [0.1, 0.15) is 6.92 Å². The van der Waals surface area contributed by atoms with Gasteiger partial charge in [-0.15, -0.1) is 0 Å². The highest BCUT2D eigenvalue weighted by molar-refractivity contribution is 6.00. The Labute approximate surface area is 146 Å². The van der Waals surface area contributed by atoms with Gasteiger partial charge in [0.05, 0.1) is 0 Å². The summed E-state index contributed by atoms with van der Waals surface area (Å²) in [6, 6.07) is 21.6. The van der Waals surface area contributed by atoms with Gasteiger partial charge in [-0.3, -0.25) is 4.79 Å². The Morgan fingerprint density at radius 3 is 2.20 bits per heavy atom. The first kappa shape index (κ1) is 16.5. The number of carbonyl (C=O) groups is 2. The van der Waals surface area contributed by atoms with Crippen LogP contribution in [-0.4, -0.2) is 18.0 Å². The molecule has 0 spiro atoms. The monoisotopic (exact) mass is 333 g/mol. The zero-order valence-electron chi connectivity index (χ0n) is 13.8.